The molecular formula is C24H18BBrO4. The van der Waals surface area contributed by atoms with E-state index in [0.29, 0.717) is 16.6 Å². The molecule has 1 aliphatic rings. The van der Waals surface area contributed by atoms with Gasteiger partial charge in [-0.3, -0.25) is 9.59 Å². The summed E-state index contributed by atoms with van der Waals surface area (Å²) in [6, 6.07) is 18.9. The Bertz CT molecular complexity index is 1320. The van der Waals surface area contributed by atoms with E-state index < -0.39 is 18.7 Å². The average molecular weight is 461 g/mol. The van der Waals surface area contributed by atoms with E-state index in [0.717, 1.165) is 37.1 Å². The number of aryl methyl sites for hydroxylation is 2. The fourth-order valence-electron chi connectivity index (χ4n) is 4.03. The first-order valence-electron chi connectivity index (χ1n) is 9.46. The van der Waals surface area contributed by atoms with Gasteiger partial charge in [-0.15, -0.1) is 0 Å². The van der Waals surface area contributed by atoms with Crippen molar-refractivity contribution in [1.82, 2.24) is 0 Å². The average Bonchev–Trinajstić information content (AvgIpc) is 2.95. The van der Waals surface area contributed by atoms with Crippen molar-refractivity contribution in [2.75, 3.05) is 0 Å². The van der Waals surface area contributed by atoms with Gasteiger partial charge in [-0.2, -0.15) is 0 Å². The lowest BCUT2D eigenvalue weighted by molar-refractivity contribution is 0.0825. The summed E-state index contributed by atoms with van der Waals surface area (Å²) in [7, 11) is -1.35. The summed E-state index contributed by atoms with van der Waals surface area (Å²) in [4.78, 5) is 24.0. The summed E-state index contributed by atoms with van der Waals surface area (Å²) < 4.78 is 0.983. The van der Waals surface area contributed by atoms with Gasteiger partial charge in [0.15, 0.2) is 0 Å². The Morgan fingerprint density at radius 2 is 1.40 bits per heavy atom. The van der Waals surface area contributed by atoms with Crippen LogP contribution in [-0.2, 0) is 0 Å². The monoisotopic (exact) mass is 460 g/mol. The topological polar surface area (TPSA) is 74.6 Å². The lowest BCUT2D eigenvalue weighted by Crippen LogP contribution is -2.34. The molecule has 0 radical (unpaired) electrons. The first kappa shape index (κ1) is 20.5. The molecule has 0 heterocycles. The second-order valence-electron chi connectivity index (χ2n) is 7.36. The Labute approximate surface area is 182 Å². The number of hydrogen-bond donors (Lipinski definition) is 2. The molecule has 0 spiro atoms. The first-order valence-corrected chi connectivity index (χ1v) is 10.2. The predicted octanol–water partition coefficient (Wildman–Crippen LogP) is 4.12. The highest BCUT2D eigenvalue weighted by atomic mass is 79.9. The van der Waals surface area contributed by atoms with Gasteiger partial charge in [0.1, 0.15) is 0 Å². The largest absolute Gasteiger partial charge is 0.488 e. The van der Waals surface area contributed by atoms with Gasteiger partial charge in [-0.25, -0.2) is 0 Å². The Kier molecular flexibility index (Phi) is 5.32. The second kappa shape index (κ2) is 7.80. The van der Waals surface area contributed by atoms with E-state index in [9.17, 15) is 9.59 Å². The SMILES string of the molecule is Cc1cccc(C)c1B(O)O.O=C1C(=O)c2cc3ccc(Br)cc3c3cccc1c23. The maximum absolute atomic E-state index is 12.0. The van der Waals surface area contributed by atoms with Crippen molar-refractivity contribution in [2.24, 2.45) is 0 Å². The summed E-state index contributed by atoms with van der Waals surface area (Å²) in [5.74, 6) is -0.786. The molecule has 0 aromatic heterocycles. The van der Waals surface area contributed by atoms with Gasteiger partial charge >= 0.3 is 7.12 Å². The molecule has 4 nitrogen and oxygen atoms in total. The van der Waals surface area contributed by atoms with Crippen molar-refractivity contribution >= 4 is 61.6 Å². The number of carbonyl (C=O) groups excluding carboxylic acids is 2. The molecule has 0 atom stereocenters. The van der Waals surface area contributed by atoms with Crippen molar-refractivity contribution in [3.05, 3.63) is 87.4 Å². The molecule has 4 aromatic carbocycles. The molecule has 0 saturated heterocycles. The van der Waals surface area contributed by atoms with Crippen molar-refractivity contribution in [2.45, 2.75) is 13.8 Å². The van der Waals surface area contributed by atoms with Crippen molar-refractivity contribution < 1.29 is 19.6 Å². The number of carbonyl (C=O) groups is 2. The maximum Gasteiger partial charge on any atom is 0.488 e. The van der Waals surface area contributed by atoms with Crippen LogP contribution in [0.5, 0.6) is 0 Å². The van der Waals surface area contributed by atoms with Crippen LogP contribution in [0.2, 0.25) is 0 Å². The Morgan fingerprint density at radius 1 is 0.767 bits per heavy atom. The van der Waals surface area contributed by atoms with Gasteiger partial charge in [-0.05, 0) is 53.7 Å². The molecule has 5 rings (SSSR count). The normalized spacial score (nSPS) is 12.3. The van der Waals surface area contributed by atoms with E-state index >= 15 is 0 Å². The van der Waals surface area contributed by atoms with Crippen molar-refractivity contribution in [3.63, 3.8) is 0 Å². The minimum absolute atomic E-state index is 0.393. The number of halogens is 1. The fraction of sp³-hybridized carbons (Fsp3) is 0.0833. The van der Waals surface area contributed by atoms with Gasteiger partial charge in [-0.1, -0.05) is 69.5 Å². The fourth-order valence-corrected chi connectivity index (χ4v) is 4.39. The quantitative estimate of drug-likeness (QED) is 0.254. The molecule has 4 aromatic rings. The van der Waals surface area contributed by atoms with Gasteiger partial charge in [0.05, 0.1) is 0 Å². The smallest absolute Gasteiger partial charge is 0.423 e. The number of rotatable bonds is 1. The van der Waals surface area contributed by atoms with Crippen LogP contribution in [0, 0.1) is 13.8 Å². The van der Waals surface area contributed by atoms with Gasteiger partial charge in [0.25, 0.3) is 0 Å². The summed E-state index contributed by atoms with van der Waals surface area (Å²) in [6.07, 6.45) is 0. The van der Waals surface area contributed by atoms with E-state index in [4.69, 9.17) is 10.0 Å². The number of benzene rings is 4. The van der Waals surface area contributed by atoms with Gasteiger partial charge in [0.2, 0.25) is 11.6 Å². The molecule has 0 unspecified atom stereocenters. The highest BCUT2D eigenvalue weighted by molar-refractivity contribution is 9.10. The molecule has 0 fully saturated rings. The van der Waals surface area contributed by atoms with Crippen LogP contribution in [0.15, 0.2) is 65.1 Å². The molecule has 0 bridgehead atoms. The zero-order chi connectivity index (χ0) is 21.6. The van der Waals surface area contributed by atoms with E-state index in [1.165, 1.54) is 0 Å². The van der Waals surface area contributed by atoms with Gasteiger partial charge < -0.3 is 10.0 Å². The third-order valence-electron chi connectivity index (χ3n) is 5.43. The van der Waals surface area contributed by atoms with Crippen LogP contribution >= 0.6 is 15.9 Å². The molecule has 1 aliphatic carbocycles. The van der Waals surface area contributed by atoms with Gasteiger partial charge in [0, 0.05) is 21.0 Å². The predicted molar refractivity (Wildman–Crippen MR) is 124 cm³/mol. The molecule has 148 valence electrons. The highest BCUT2D eigenvalue weighted by Crippen LogP contribution is 2.36. The Hall–Kier alpha value is -2.80. The maximum atomic E-state index is 12.0. The lowest BCUT2D eigenvalue weighted by Gasteiger charge is -2.06. The number of Topliss-reactive ketones (excluding diaryl/α,β-unsaturated/α-hetero) is 2. The lowest BCUT2D eigenvalue weighted by atomic mass is 9.74. The number of fused-ring (bicyclic) bond motifs is 2. The zero-order valence-electron chi connectivity index (χ0n) is 16.4. The summed E-state index contributed by atoms with van der Waals surface area (Å²) >= 11 is 3.46. The third-order valence-corrected chi connectivity index (χ3v) is 5.93. The molecule has 6 heteroatoms. The van der Waals surface area contributed by atoms with Crippen LogP contribution < -0.4 is 5.46 Å². The van der Waals surface area contributed by atoms with Crippen LogP contribution in [0.3, 0.4) is 0 Å². The first-order chi connectivity index (χ1) is 14.3. The second-order valence-corrected chi connectivity index (χ2v) is 8.27. The summed E-state index contributed by atoms with van der Waals surface area (Å²) in [5, 5.41) is 21.7. The zero-order valence-corrected chi connectivity index (χ0v) is 18.0. The highest BCUT2D eigenvalue weighted by Gasteiger charge is 2.31. The van der Waals surface area contributed by atoms with E-state index in [1.54, 1.807) is 6.07 Å². The molecule has 30 heavy (non-hydrogen) atoms. The molecule has 0 aliphatic heterocycles. The minimum atomic E-state index is -1.35. The van der Waals surface area contributed by atoms with E-state index in [1.807, 2.05) is 68.4 Å². The summed E-state index contributed by atoms with van der Waals surface area (Å²) in [5.41, 5.74) is 3.51. The van der Waals surface area contributed by atoms with Crippen LogP contribution in [-0.4, -0.2) is 28.7 Å². The van der Waals surface area contributed by atoms with E-state index in [2.05, 4.69) is 15.9 Å². The molecular weight excluding hydrogens is 443 g/mol. The van der Waals surface area contributed by atoms with Crippen molar-refractivity contribution in [1.29, 1.82) is 0 Å². The number of ketones is 2. The van der Waals surface area contributed by atoms with Crippen LogP contribution in [0.1, 0.15) is 31.8 Å². The molecule has 0 saturated carbocycles. The Morgan fingerprint density at radius 3 is 2.03 bits per heavy atom. The third kappa shape index (κ3) is 3.37. The summed E-state index contributed by atoms with van der Waals surface area (Å²) in [6.45, 7) is 3.73. The molecule has 0 amide bonds. The van der Waals surface area contributed by atoms with Crippen molar-refractivity contribution in [3.8, 4) is 0 Å². The van der Waals surface area contributed by atoms with Crippen LogP contribution in [0.4, 0.5) is 0 Å². The number of hydrogen-bond acceptors (Lipinski definition) is 4. The van der Waals surface area contributed by atoms with E-state index in [-0.39, 0.29) is 0 Å². The standard InChI is InChI=1S/C16H7BrO2.C8H11BO2/c17-9-5-4-8-6-13-14-10(12(8)7-9)2-1-3-11(14)15(18)16(13)19;1-6-4-3-5-7(2)8(6)9(10)11/h1-7H;3-5,10-11H,1-2H3. The van der Waals surface area contributed by atoms with Crippen LogP contribution in [0.25, 0.3) is 21.5 Å². The molecule has 2 N–H and O–H groups in total. The minimum Gasteiger partial charge on any atom is -0.423 e. The Balaban J connectivity index is 0.000000170.